The quantitative estimate of drug-likeness (QED) is 0.552. The summed E-state index contributed by atoms with van der Waals surface area (Å²) < 4.78 is 10.6. The van der Waals surface area contributed by atoms with Crippen molar-refractivity contribution in [3.05, 3.63) is 47.8 Å². The number of nitrogens with one attached hydrogen (secondary N) is 3. The van der Waals surface area contributed by atoms with Crippen LogP contribution >= 0.6 is 0 Å². The molecule has 0 aliphatic heterocycles. The molecule has 0 bridgehead atoms. The first-order valence-electron chi connectivity index (χ1n) is 10.7. The van der Waals surface area contributed by atoms with Gasteiger partial charge in [-0.1, -0.05) is 25.3 Å². The Bertz CT molecular complexity index is 1010. The molecule has 0 saturated heterocycles. The lowest BCUT2D eigenvalue weighted by molar-refractivity contribution is 0.102. The fourth-order valence-corrected chi connectivity index (χ4v) is 3.94. The van der Waals surface area contributed by atoms with Crippen molar-refractivity contribution in [3.63, 3.8) is 0 Å². The van der Waals surface area contributed by atoms with Gasteiger partial charge >= 0.3 is 0 Å². The van der Waals surface area contributed by atoms with Gasteiger partial charge in [-0.15, -0.1) is 0 Å². The Labute approximate surface area is 183 Å². The van der Waals surface area contributed by atoms with Gasteiger partial charge in [0.1, 0.15) is 5.82 Å². The molecule has 0 radical (unpaired) electrons. The minimum absolute atomic E-state index is 0.252. The van der Waals surface area contributed by atoms with Crippen LogP contribution in [-0.2, 0) is 0 Å². The summed E-state index contributed by atoms with van der Waals surface area (Å²) in [5, 5.41) is 5.69. The zero-order valence-corrected chi connectivity index (χ0v) is 18.7. The second kappa shape index (κ2) is 10.8. The van der Waals surface area contributed by atoms with Gasteiger partial charge in [-0.25, -0.2) is 4.98 Å². The van der Waals surface area contributed by atoms with E-state index in [1.54, 1.807) is 25.3 Å². The number of rotatable bonds is 5. The van der Waals surface area contributed by atoms with E-state index in [1.165, 1.54) is 39.2 Å². The van der Waals surface area contributed by atoms with Gasteiger partial charge in [0.2, 0.25) is 0 Å². The highest BCUT2D eigenvalue weighted by Crippen LogP contribution is 2.33. The Morgan fingerprint density at radius 2 is 1.81 bits per heavy atom. The molecule has 166 valence electrons. The molecule has 1 amide bonds. The van der Waals surface area contributed by atoms with Crippen molar-refractivity contribution in [1.29, 1.82) is 0 Å². The van der Waals surface area contributed by atoms with Crippen LogP contribution in [0.2, 0.25) is 0 Å². The van der Waals surface area contributed by atoms with E-state index in [9.17, 15) is 4.79 Å². The Morgan fingerprint density at radius 3 is 2.48 bits per heavy atom. The van der Waals surface area contributed by atoms with Gasteiger partial charge in [0.25, 0.3) is 5.91 Å². The van der Waals surface area contributed by atoms with Crippen molar-refractivity contribution in [2.75, 3.05) is 33.6 Å². The molecule has 2 aromatic carbocycles. The number of hydrogen-bond donors (Lipinski definition) is 3. The number of H-pyrrole nitrogens is 1. The van der Waals surface area contributed by atoms with Crippen molar-refractivity contribution >= 4 is 22.6 Å². The molecule has 7 nitrogen and oxygen atoms in total. The minimum atomic E-state index is -0.252. The molecule has 1 aliphatic rings. The van der Waals surface area contributed by atoms with Gasteiger partial charge in [-0.3, -0.25) is 4.79 Å². The molecule has 3 N–H and O–H groups in total. The maximum atomic E-state index is 12.8. The molecular weight excluding hydrogens is 392 g/mol. The van der Waals surface area contributed by atoms with Crippen molar-refractivity contribution in [2.45, 2.75) is 38.0 Å². The van der Waals surface area contributed by atoms with E-state index >= 15 is 0 Å². The second-order valence-electron chi connectivity index (χ2n) is 7.68. The van der Waals surface area contributed by atoms with Gasteiger partial charge in [-0.05, 0) is 57.3 Å². The van der Waals surface area contributed by atoms with E-state index in [1.807, 2.05) is 32.3 Å². The lowest BCUT2D eigenvalue weighted by Crippen LogP contribution is -2.13. The first kappa shape index (κ1) is 22.6. The summed E-state index contributed by atoms with van der Waals surface area (Å²) in [7, 11) is 6.83. The van der Waals surface area contributed by atoms with Crippen LogP contribution in [0, 0.1) is 0 Å². The molecule has 0 unspecified atom stereocenters. The largest absolute Gasteiger partial charge is 0.493 e. The number of imidazole rings is 1. The van der Waals surface area contributed by atoms with E-state index in [0.29, 0.717) is 28.7 Å². The van der Waals surface area contributed by atoms with Gasteiger partial charge in [0, 0.05) is 11.6 Å². The van der Waals surface area contributed by atoms with Crippen LogP contribution in [0.5, 0.6) is 11.5 Å². The highest BCUT2D eigenvalue weighted by Gasteiger charge is 2.20. The van der Waals surface area contributed by atoms with Crippen molar-refractivity contribution in [1.82, 2.24) is 15.3 Å². The average molecular weight is 425 g/mol. The molecule has 1 aliphatic carbocycles. The zero-order valence-electron chi connectivity index (χ0n) is 18.7. The monoisotopic (exact) mass is 424 g/mol. The summed E-state index contributed by atoms with van der Waals surface area (Å²) >= 11 is 0. The Balaban J connectivity index is 0.000000858. The fourth-order valence-electron chi connectivity index (χ4n) is 3.94. The van der Waals surface area contributed by atoms with Crippen LogP contribution in [0.3, 0.4) is 0 Å². The van der Waals surface area contributed by atoms with E-state index in [4.69, 9.17) is 14.5 Å². The molecule has 4 rings (SSSR count). The highest BCUT2D eigenvalue weighted by atomic mass is 16.5. The molecule has 31 heavy (non-hydrogen) atoms. The summed E-state index contributed by atoms with van der Waals surface area (Å²) in [6, 6.07) is 11.0. The predicted octanol–water partition coefficient (Wildman–Crippen LogP) is 4.72. The van der Waals surface area contributed by atoms with Crippen molar-refractivity contribution in [2.24, 2.45) is 0 Å². The van der Waals surface area contributed by atoms with Gasteiger partial charge in [0.15, 0.2) is 11.5 Å². The van der Waals surface area contributed by atoms with Gasteiger partial charge in [0.05, 0.1) is 30.8 Å². The Kier molecular flexibility index (Phi) is 7.89. The Hall–Kier alpha value is -3.06. The maximum absolute atomic E-state index is 12.8. The minimum Gasteiger partial charge on any atom is -0.493 e. The van der Waals surface area contributed by atoms with Gasteiger partial charge in [-0.2, -0.15) is 0 Å². The number of carbonyl (C=O) groups excluding carboxylic acids is 1. The molecule has 0 spiro atoms. The zero-order chi connectivity index (χ0) is 22.2. The van der Waals surface area contributed by atoms with E-state index in [-0.39, 0.29) is 5.91 Å². The molecule has 7 heteroatoms. The molecule has 0 atom stereocenters. The van der Waals surface area contributed by atoms with Crippen LogP contribution in [0.1, 0.15) is 54.2 Å². The lowest BCUT2D eigenvalue weighted by Gasteiger charge is -2.18. The van der Waals surface area contributed by atoms with Crippen LogP contribution in [0.4, 0.5) is 5.69 Å². The predicted molar refractivity (Wildman–Crippen MR) is 124 cm³/mol. The summed E-state index contributed by atoms with van der Waals surface area (Å²) in [6.45, 7) is 0. The fraction of sp³-hybridized carbons (Fsp3) is 0.417. The topological polar surface area (TPSA) is 88.3 Å². The maximum Gasteiger partial charge on any atom is 0.259 e. The lowest BCUT2D eigenvalue weighted by atomic mass is 9.89. The smallest absolute Gasteiger partial charge is 0.259 e. The number of anilines is 1. The number of ether oxygens (including phenoxy) is 2. The number of para-hydroxylation sites is 1. The average Bonchev–Trinajstić information content (AvgIpc) is 3.23. The first-order chi connectivity index (χ1) is 15.1. The van der Waals surface area contributed by atoms with E-state index < -0.39 is 0 Å². The van der Waals surface area contributed by atoms with Gasteiger partial charge < -0.3 is 25.1 Å². The Morgan fingerprint density at radius 1 is 1.06 bits per heavy atom. The number of benzene rings is 2. The number of fused-ring (bicyclic) bond motifs is 1. The van der Waals surface area contributed by atoms with E-state index in [2.05, 4.69) is 15.6 Å². The number of hydrogen-bond acceptors (Lipinski definition) is 5. The molecule has 3 aromatic rings. The number of methoxy groups -OCH3 is 2. The van der Waals surface area contributed by atoms with Crippen molar-refractivity contribution < 1.29 is 14.3 Å². The summed E-state index contributed by atoms with van der Waals surface area (Å²) in [5.74, 6) is 2.27. The number of carbonyl (C=O) groups is 1. The number of amides is 1. The molecule has 1 heterocycles. The van der Waals surface area contributed by atoms with Crippen LogP contribution in [0.25, 0.3) is 11.0 Å². The third kappa shape index (κ3) is 5.35. The summed E-state index contributed by atoms with van der Waals surface area (Å²) in [6.07, 6.45) is 6.25. The number of aromatic nitrogens is 2. The third-order valence-electron chi connectivity index (χ3n) is 5.40. The van der Waals surface area contributed by atoms with Crippen LogP contribution < -0.4 is 20.1 Å². The summed E-state index contributed by atoms with van der Waals surface area (Å²) in [4.78, 5) is 21.0. The normalized spacial score (nSPS) is 13.9. The molecule has 1 saturated carbocycles. The molecular formula is C24H32N4O3. The highest BCUT2D eigenvalue weighted by molar-refractivity contribution is 6.07. The molecule has 1 fully saturated rings. The summed E-state index contributed by atoms with van der Waals surface area (Å²) in [5.41, 5.74) is 2.99. The standard InChI is InChI=1S/C22H25N3O3.C2H7N/c1-27-19-10-6-9-16(20(19)28-2)22(26)23-15-11-12-17-18(13-15)25-21(24-17)14-7-4-3-5-8-14;1-3-2/h6,9-14H,3-5,7-8H2,1-2H3,(H,23,26)(H,24,25);3H,1-2H3. The SMILES string of the molecule is CNC.COc1cccc(C(=O)Nc2ccc3[nH]c(C4CCCCC4)nc3c2)c1OC. The van der Waals surface area contributed by atoms with Crippen molar-refractivity contribution in [3.8, 4) is 11.5 Å². The number of aromatic amines is 1. The number of nitrogens with zero attached hydrogens (tertiary/aromatic N) is 1. The first-order valence-corrected chi connectivity index (χ1v) is 10.7. The van der Waals surface area contributed by atoms with Crippen LogP contribution in [0.15, 0.2) is 36.4 Å². The second-order valence-corrected chi connectivity index (χ2v) is 7.68. The van der Waals surface area contributed by atoms with Crippen LogP contribution in [-0.4, -0.2) is 44.2 Å². The van der Waals surface area contributed by atoms with E-state index in [0.717, 1.165) is 16.9 Å². The molecule has 1 aromatic heterocycles. The third-order valence-corrected chi connectivity index (χ3v) is 5.40.